The zero-order valence-corrected chi connectivity index (χ0v) is 14.0. The summed E-state index contributed by atoms with van der Waals surface area (Å²) in [7, 11) is 0. The van der Waals surface area contributed by atoms with Gasteiger partial charge in [-0.3, -0.25) is 0 Å². The molecule has 6 heteroatoms. The highest BCUT2D eigenvalue weighted by Crippen LogP contribution is 2.41. The Balaban J connectivity index is 1.33. The fraction of sp³-hybridized carbons (Fsp3) is 0.400. The molecular weight excluding hydrogens is 336 g/mol. The molecule has 6 nitrogen and oxygen atoms in total. The first-order valence-corrected chi connectivity index (χ1v) is 8.81. The van der Waals surface area contributed by atoms with Crippen LogP contribution in [0.3, 0.4) is 0 Å². The number of aliphatic hydroxyl groups is 1. The fourth-order valence-corrected chi connectivity index (χ4v) is 3.66. The van der Waals surface area contributed by atoms with Crippen molar-refractivity contribution in [3.8, 4) is 0 Å². The van der Waals surface area contributed by atoms with Crippen LogP contribution in [0.5, 0.6) is 0 Å². The van der Waals surface area contributed by atoms with E-state index in [0.717, 1.165) is 11.1 Å². The molecular formula is C20H20O6. The number of ether oxygens (including phenoxy) is 5. The maximum Gasteiger partial charge on any atom is 0.190 e. The highest BCUT2D eigenvalue weighted by atomic mass is 16.8. The van der Waals surface area contributed by atoms with Gasteiger partial charge in [0.15, 0.2) is 18.9 Å². The van der Waals surface area contributed by atoms with E-state index in [-0.39, 0.29) is 0 Å². The van der Waals surface area contributed by atoms with E-state index in [2.05, 4.69) is 0 Å². The first-order valence-electron chi connectivity index (χ1n) is 8.81. The molecule has 0 amide bonds. The van der Waals surface area contributed by atoms with Crippen LogP contribution in [0, 0.1) is 0 Å². The minimum atomic E-state index is -0.859. The molecule has 7 atom stereocenters. The van der Waals surface area contributed by atoms with Gasteiger partial charge in [0, 0.05) is 11.1 Å². The fourth-order valence-electron chi connectivity index (χ4n) is 3.66. The largest absolute Gasteiger partial charge is 0.387 e. The van der Waals surface area contributed by atoms with Crippen molar-refractivity contribution >= 4 is 0 Å². The van der Waals surface area contributed by atoms with E-state index < -0.39 is 43.3 Å². The molecule has 0 saturated carbocycles. The summed E-state index contributed by atoms with van der Waals surface area (Å²) in [6, 6.07) is 19.3. The molecule has 3 saturated heterocycles. The van der Waals surface area contributed by atoms with Gasteiger partial charge in [0.2, 0.25) is 0 Å². The summed E-state index contributed by atoms with van der Waals surface area (Å²) in [5.74, 6) is 0. The third-order valence-corrected chi connectivity index (χ3v) is 4.99. The third kappa shape index (κ3) is 2.85. The van der Waals surface area contributed by atoms with Crippen molar-refractivity contribution < 1.29 is 28.8 Å². The molecule has 0 aliphatic carbocycles. The number of fused-ring (bicyclic) bond motifs is 2. The second kappa shape index (κ2) is 6.74. The molecule has 0 radical (unpaired) electrons. The van der Waals surface area contributed by atoms with Crippen molar-refractivity contribution in [3.63, 3.8) is 0 Å². The highest BCUT2D eigenvalue weighted by molar-refractivity contribution is 5.18. The standard InChI is InChI=1S/C20H20O6/c21-15-16-14(11-22-18(24-16)12-7-3-1-4-8-12)23-20-17(15)25-19(26-20)13-9-5-2-6-10-13/h1-10,14-21H,11H2/t14-,15+,16-,17-,18-,19-,20+/m1/s1. The first kappa shape index (κ1) is 16.4. The predicted octanol–water partition coefficient (Wildman–Crippen LogP) is 2.30. The van der Waals surface area contributed by atoms with Gasteiger partial charge in [0.25, 0.3) is 0 Å². The smallest absolute Gasteiger partial charge is 0.190 e. The maximum atomic E-state index is 10.8. The van der Waals surface area contributed by atoms with Gasteiger partial charge in [-0.2, -0.15) is 0 Å². The van der Waals surface area contributed by atoms with Crippen LogP contribution < -0.4 is 0 Å². The third-order valence-electron chi connectivity index (χ3n) is 4.99. The first-order chi connectivity index (χ1) is 12.8. The molecule has 3 fully saturated rings. The van der Waals surface area contributed by atoms with Crippen LogP contribution in [-0.2, 0) is 23.7 Å². The monoisotopic (exact) mass is 356 g/mol. The Morgan fingerprint density at radius 3 is 2.00 bits per heavy atom. The average molecular weight is 356 g/mol. The van der Waals surface area contributed by atoms with E-state index in [9.17, 15) is 5.11 Å². The lowest BCUT2D eigenvalue weighted by atomic mass is 9.98. The van der Waals surface area contributed by atoms with Crippen molar-refractivity contribution in [2.75, 3.05) is 6.61 Å². The molecule has 0 spiro atoms. The van der Waals surface area contributed by atoms with Crippen LogP contribution >= 0.6 is 0 Å². The maximum absolute atomic E-state index is 10.8. The second-order valence-corrected chi connectivity index (χ2v) is 6.69. The van der Waals surface area contributed by atoms with E-state index in [1.807, 2.05) is 60.7 Å². The van der Waals surface area contributed by atoms with Gasteiger partial charge in [0.1, 0.15) is 24.4 Å². The molecule has 1 N–H and O–H groups in total. The topological polar surface area (TPSA) is 66.4 Å². The Labute approximate surface area is 151 Å². The van der Waals surface area contributed by atoms with Gasteiger partial charge < -0.3 is 28.8 Å². The molecule has 0 aromatic heterocycles. The Bertz CT molecular complexity index is 701. The summed E-state index contributed by atoms with van der Waals surface area (Å²) in [4.78, 5) is 0. The van der Waals surface area contributed by atoms with E-state index in [4.69, 9.17) is 23.7 Å². The zero-order valence-electron chi connectivity index (χ0n) is 14.0. The van der Waals surface area contributed by atoms with Crippen molar-refractivity contribution in [1.29, 1.82) is 0 Å². The number of rotatable bonds is 2. The Morgan fingerprint density at radius 1 is 0.692 bits per heavy atom. The lowest BCUT2D eigenvalue weighted by molar-refractivity contribution is -0.338. The number of hydrogen-bond acceptors (Lipinski definition) is 6. The van der Waals surface area contributed by atoms with Crippen LogP contribution in [0.25, 0.3) is 0 Å². The van der Waals surface area contributed by atoms with Gasteiger partial charge >= 0.3 is 0 Å². The Kier molecular flexibility index (Phi) is 4.24. The van der Waals surface area contributed by atoms with Crippen LogP contribution in [0.15, 0.2) is 60.7 Å². The van der Waals surface area contributed by atoms with Gasteiger partial charge in [-0.15, -0.1) is 0 Å². The van der Waals surface area contributed by atoms with Gasteiger partial charge in [0.05, 0.1) is 6.61 Å². The molecule has 136 valence electrons. The minimum Gasteiger partial charge on any atom is -0.387 e. The van der Waals surface area contributed by atoms with Gasteiger partial charge in [-0.05, 0) is 0 Å². The van der Waals surface area contributed by atoms with Crippen molar-refractivity contribution in [3.05, 3.63) is 71.8 Å². The molecule has 3 aliphatic rings. The second-order valence-electron chi connectivity index (χ2n) is 6.69. The minimum absolute atomic E-state index is 0.323. The van der Waals surface area contributed by atoms with E-state index in [1.165, 1.54) is 0 Å². The number of benzene rings is 2. The molecule has 0 unspecified atom stereocenters. The summed E-state index contributed by atoms with van der Waals surface area (Å²) in [6.07, 6.45) is -4.13. The average Bonchev–Trinajstić information content (AvgIpc) is 3.14. The van der Waals surface area contributed by atoms with Gasteiger partial charge in [-0.1, -0.05) is 60.7 Å². The number of hydrogen-bond donors (Lipinski definition) is 1. The van der Waals surface area contributed by atoms with Gasteiger partial charge in [-0.25, -0.2) is 0 Å². The van der Waals surface area contributed by atoms with E-state index in [0.29, 0.717) is 6.61 Å². The van der Waals surface area contributed by atoms with Crippen molar-refractivity contribution in [1.82, 2.24) is 0 Å². The molecule has 0 bridgehead atoms. The lowest BCUT2D eigenvalue weighted by Gasteiger charge is -2.44. The van der Waals surface area contributed by atoms with Crippen LogP contribution in [0.2, 0.25) is 0 Å². The summed E-state index contributed by atoms with van der Waals surface area (Å²) >= 11 is 0. The summed E-state index contributed by atoms with van der Waals surface area (Å²) in [5.41, 5.74) is 1.80. The molecule has 26 heavy (non-hydrogen) atoms. The quantitative estimate of drug-likeness (QED) is 0.891. The Hall–Kier alpha value is -1.80. The van der Waals surface area contributed by atoms with Crippen LogP contribution in [0.4, 0.5) is 0 Å². The van der Waals surface area contributed by atoms with E-state index in [1.54, 1.807) is 0 Å². The molecule has 2 aromatic carbocycles. The summed E-state index contributed by atoms with van der Waals surface area (Å²) in [6.45, 7) is 0.323. The summed E-state index contributed by atoms with van der Waals surface area (Å²) < 4.78 is 29.6. The number of aliphatic hydroxyl groups excluding tert-OH is 1. The molecule has 2 aromatic rings. The van der Waals surface area contributed by atoms with E-state index >= 15 is 0 Å². The molecule has 5 rings (SSSR count). The predicted molar refractivity (Wildman–Crippen MR) is 89.8 cm³/mol. The Morgan fingerprint density at radius 2 is 1.31 bits per heavy atom. The normalized spacial score (nSPS) is 39.2. The SMILES string of the molecule is O[C@@H]1[C@H]2O[C@@H](c3ccccc3)O[C@@H]2O[C@@H]2CO[C@@H](c3ccccc3)O[C@@H]12. The van der Waals surface area contributed by atoms with Crippen LogP contribution in [0.1, 0.15) is 23.7 Å². The van der Waals surface area contributed by atoms with Crippen LogP contribution in [-0.4, -0.2) is 42.4 Å². The van der Waals surface area contributed by atoms with Crippen molar-refractivity contribution in [2.24, 2.45) is 0 Å². The molecule has 3 aliphatic heterocycles. The molecule has 3 heterocycles. The zero-order chi connectivity index (χ0) is 17.5. The van der Waals surface area contributed by atoms with Crippen molar-refractivity contribution in [2.45, 2.75) is 43.3 Å². The summed E-state index contributed by atoms with van der Waals surface area (Å²) in [5, 5.41) is 10.8. The lowest BCUT2D eigenvalue weighted by Crippen LogP contribution is -2.60. The highest BCUT2D eigenvalue weighted by Gasteiger charge is 2.54.